The highest BCUT2D eigenvalue weighted by Crippen LogP contribution is 2.20. The molecule has 0 aromatic heterocycles. The van der Waals surface area contributed by atoms with E-state index >= 15 is 0 Å². The van der Waals surface area contributed by atoms with E-state index in [1.54, 1.807) is 18.2 Å². The van der Waals surface area contributed by atoms with Crippen LogP contribution in [0.1, 0.15) is 49.9 Å². The van der Waals surface area contributed by atoms with Crippen molar-refractivity contribution in [1.82, 2.24) is 4.90 Å². The summed E-state index contributed by atoms with van der Waals surface area (Å²) in [4.78, 5) is 14.9. The molecule has 0 bridgehead atoms. The van der Waals surface area contributed by atoms with Crippen molar-refractivity contribution >= 4 is 11.6 Å². The fraction of sp³-hybridized carbons (Fsp3) is 0.458. The minimum absolute atomic E-state index is 0.157. The number of para-hydroxylation sites is 2. The molecule has 0 saturated carbocycles. The molecule has 5 heteroatoms. The Balaban J connectivity index is 1.93. The number of unbranched alkanes of at least 4 members (excludes halogenated alkanes) is 2. The lowest BCUT2D eigenvalue weighted by atomic mass is 10.1. The van der Waals surface area contributed by atoms with Gasteiger partial charge in [-0.1, -0.05) is 57.0 Å². The fourth-order valence-corrected chi connectivity index (χ4v) is 3.09. The molecule has 2 aromatic rings. The summed E-state index contributed by atoms with van der Waals surface area (Å²) in [6, 6.07) is 16.5. The molecule has 1 amide bonds. The van der Waals surface area contributed by atoms with Gasteiger partial charge in [-0.2, -0.15) is 0 Å². The van der Waals surface area contributed by atoms with E-state index in [2.05, 4.69) is 24.1 Å². The van der Waals surface area contributed by atoms with Gasteiger partial charge in [-0.05, 0) is 50.2 Å². The summed E-state index contributed by atoms with van der Waals surface area (Å²) in [5, 5.41) is 13.4. The van der Waals surface area contributed by atoms with Crippen molar-refractivity contribution in [2.75, 3.05) is 31.6 Å². The first-order valence-electron chi connectivity index (χ1n) is 10.6. The molecule has 2 N–H and O–H groups in total. The molecule has 0 aliphatic heterocycles. The van der Waals surface area contributed by atoms with Gasteiger partial charge < -0.3 is 20.1 Å². The Labute approximate surface area is 174 Å². The van der Waals surface area contributed by atoms with E-state index in [-0.39, 0.29) is 12.5 Å². The van der Waals surface area contributed by atoms with Crippen molar-refractivity contribution in [2.45, 2.75) is 45.6 Å². The minimum Gasteiger partial charge on any atom is -0.490 e. The maximum absolute atomic E-state index is 12.6. The van der Waals surface area contributed by atoms with Crippen LogP contribution in [0.15, 0.2) is 54.6 Å². The van der Waals surface area contributed by atoms with Crippen molar-refractivity contribution in [1.29, 1.82) is 0 Å². The summed E-state index contributed by atoms with van der Waals surface area (Å²) in [6.45, 7) is 7.07. The summed E-state index contributed by atoms with van der Waals surface area (Å²) < 4.78 is 5.83. The van der Waals surface area contributed by atoms with Crippen LogP contribution in [0.5, 0.6) is 5.75 Å². The number of benzene rings is 2. The molecule has 0 saturated heterocycles. The van der Waals surface area contributed by atoms with E-state index in [1.165, 1.54) is 0 Å². The molecule has 2 rings (SSSR count). The molecule has 0 heterocycles. The van der Waals surface area contributed by atoms with Crippen molar-refractivity contribution in [3.8, 4) is 5.75 Å². The molecule has 5 nitrogen and oxygen atoms in total. The monoisotopic (exact) mass is 398 g/mol. The van der Waals surface area contributed by atoms with Gasteiger partial charge in [0, 0.05) is 12.2 Å². The zero-order chi connectivity index (χ0) is 20.9. The first kappa shape index (κ1) is 22.9. The molecule has 158 valence electrons. The predicted molar refractivity (Wildman–Crippen MR) is 119 cm³/mol. The van der Waals surface area contributed by atoms with Gasteiger partial charge >= 0.3 is 0 Å². The van der Waals surface area contributed by atoms with Crippen molar-refractivity contribution in [3.63, 3.8) is 0 Å². The van der Waals surface area contributed by atoms with E-state index in [4.69, 9.17) is 4.74 Å². The van der Waals surface area contributed by atoms with Crippen LogP contribution in [-0.2, 0) is 0 Å². The molecule has 0 unspecified atom stereocenters. The van der Waals surface area contributed by atoms with Crippen LogP contribution >= 0.6 is 0 Å². The summed E-state index contributed by atoms with van der Waals surface area (Å²) in [5.41, 5.74) is 1.19. The van der Waals surface area contributed by atoms with E-state index in [0.29, 0.717) is 17.9 Å². The number of anilines is 1. The Morgan fingerprint density at radius 2 is 1.62 bits per heavy atom. The number of aliphatic hydroxyl groups is 1. The summed E-state index contributed by atoms with van der Waals surface area (Å²) in [6.07, 6.45) is 3.92. The molecule has 0 aliphatic rings. The maximum atomic E-state index is 12.6. The number of ether oxygens (including phenoxy) is 1. The fourth-order valence-electron chi connectivity index (χ4n) is 3.09. The van der Waals surface area contributed by atoms with Gasteiger partial charge in [-0.25, -0.2) is 0 Å². The minimum atomic E-state index is -0.603. The Morgan fingerprint density at radius 3 is 2.28 bits per heavy atom. The second-order valence-corrected chi connectivity index (χ2v) is 7.29. The van der Waals surface area contributed by atoms with Gasteiger partial charge in [-0.15, -0.1) is 0 Å². The molecule has 0 spiro atoms. The van der Waals surface area contributed by atoms with Crippen LogP contribution in [0.2, 0.25) is 0 Å². The number of rotatable bonds is 13. The molecule has 29 heavy (non-hydrogen) atoms. The third-order valence-corrected chi connectivity index (χ3v) is 4.72. The number of nitrogens with one attached hydrogen (secondary N) is 1. The number of nitrogens with zero attached hydrogens (tertiary/aromatic N) is 1. The van der Waals surface area contributed by atoms with Crippen molar-refractivity contribution < 1.29 is 14.6 Å². The van der Waals surface area contributed by atoms with E-state index < -0.39 is 6.10 Å². The topological polar surface area (TPSA) is 61.8 Å². The maximum Gasteiger partial charge on any atom is 0.259 e. The largest absolute Gasteiger partial charge is 0.490 e. The third-order valence-electron chi connectivity index (χ3n) is 4.72. The number of hydrogen-bond acceptors (Lipinski definition) is 4. The summed E-state index contributed by atoms with van der Waals surface area (Å²) in [5.74, 6) is 0.252. The average Bonchev–Trinajstić information content (AvgIpc) is 2.75. The number of aliphatic hydroxyl groups excluding tert-OH is 1. The molecule has 0 fully saturated rings. The standard InChI is InChI=1S/C24H34N2O3/c1-3-5-16-26(17-6-4-2)18-21(27)19-29-23-15-11-10-14-22(23)24(28)25-20-12-8-7-9-13-20/h7-15,21,27H,3-6,16-19H2,1-2H3,(H,25,28)/t21-/m0/s1. The van der Waals surface area contributed by atoms with Gasteiger partial charge in [0.25, 0.3) is 5.91 Å². The molecule has 1 atom stereocenters. The Kier molecular flexibility index (Phi) is 10.2. The van der Waals surface area contributed by atoms with Gasteiger partial charge in [0.2, 0.25) is 0 Å². The van der Waals surface area contributed by atoms with Gasteiger partial charge in [0.1, 0.15) is 18.5 Å². The molecule has 0 radical (unpaired) electrons. The SMILES string of the molecule is CCCCN(CCCC)C[C@H](O)COc1ccccc1C(=O)Nc1ccccc1. The number of carbonyl (C=O) groups is 1. The van der Waals surface area contributed by atoms with Crippen LogP contribution in [-0.4, -0.2) is 48.3 Å². The molecular weight excluding hydrogens is 364 g/mol. The predicted octanol–water partition coefficient (Wildman–Crippen LogP) is 4.58. The Hall–Kier alpha value is -2.37. The highest BCUT2D eigenvalue weighted by atomic mass is 16.5. The quantitative estimate of drug-likeness (QED) is 0.518. The van der Waals surface area contributed by atoms with E-state index in [0.717, 1.165) is 44.5 Å². The average molecular weight is 399 g/mol. The van der Waals surface area contributed by atoms with Crippen LogP contribution < -0.4 is 10.1 Å². The smallest absolute Gasteiger partial charge is 0.259 e. The second-order valence-electron chi connectivity index (χ2n) is 7.29. The highest BCUT2D eigenvalue weighted by Gasteiger charge is 2.16. The summed E-state index contributed by atoms with van der Waals surface area (Å²) >= 11 is 0. The van der Waals surface area contributed by atoms with Crippen LogP contribution in [0.3, 0.4) is 0 Å². The summed E-state index contributed by atoms with van der Waals surface area (Å²) in [7, 11) is 0. The van der Waals surface area contributed by atoms with Crippen LogP contribution in [0.4, 0.5) is 5.69 Å². The normalized spacial score (nSPS) is 12.0. The highest BCUT2D eigenvalue weighted by molar-refractivity contribution is 6.06. The molecule has 0 aliphatic carbocycles. The lowest BCUT2D eigenvalue weighted by Gasteiger charge is -2.25. The third kappa shape index (κ3) is 8.26. The lowest BCUT2D eigenvalue weighted by molar-refractivity contribution is 0.0665. The van der Waals surface area contributed by atoms with Crippen molar-refractivity contribution in [2.24, 2.45) is 0 Å². The van der Waals surface area contributed by atoms with Gasteiger partial charge in [0.05, 0.1) is 5.56 Å². The zero-order valence-electron chi connectivity index (χ0n) is 17.6. The second kappa shape index (κ2) is 13.0. The zero-order valence-corrected chi connectivity index (χ0v) is 17.6. The number of hydrogen-bond donors (Lipinski definition) is 2. The Morgan fingerprint density at radius 1 is 1.00 bits per heavy atom. The first-order valence-corrected chi connectivity index (χ1v) is 10.6. The molecule has 2 aromatic carbocycles. The van der Waals surface area contributed by atoms with E-state index in [9.17, 15) is 9.90 Å². The number of carbonyl (C=O) groups excluding carboxylic acids is 1. The Bertz CT molecular complexity index is 713. The first-order chi connectivity index (χ1) is 14.1. The number of amides is 1. The van der Waals surface area contributed by atoms with Gasteiger partial charge in [0.15, 0.2) is 0 Å². The van der Waals surface area contributed by atoms with Crippen LogP contribution in [0.25, 0.3) is 0 Å². The van der Waals surface area contributed by atoms with E-state index in [1.807, 2.05) is 36.4 Å². The molecular formula is C24H34N2O3. The van der Waals surface area contributed by atoms with Crippen LogP contribution in [0, 0.1) is 0 Å². The lowest BCUT2D eigenvalue weighted by Crippen LogP contribution is -2.37. The van der Waals surface area contributed by atoms with Gasteiger partial charge in [-0.3, -0.25) is 4.79 Å². The van der Waals surface area contributed by atoms with Crippen molar-refractivity contribution in [3.05, 3.63) is 60.2 Å².